The molecule has 5 atom stereocenters. The maximum Gasteiger partial charge on any atom is 0.331 e. The van der Waals surface area contributed by atoms with E-state index in [-0.39, 0.29) is 18.4 Å². The number of fused-ring (bicyclic) bond motifs is 1. The number of ether oxygens (including phenoxy) is 1. The number of carbonyl (C=O) groups is 1. The minimum Gasteiger partial charge on any atom is -0.464 e. The van der Waals surface area contributed by atoms with Crippen molar-refractivity contribution >= 4 is 5.97 Å². The second-order valence-electron chi connectivity index (χ2n) is 7.82. The summed E-state index contributed by atoms with van der Waals surface area (Å²) >= 11 is 0. The predicted molar refractivity (Wildman–Crippen MR) is 93.4 cm³/mol. The third-order valence-electron chi connectivity index (χ3n) is 6.22. The number of hydrogen-bond donors (Lipinski definition) is 2. The average molecular weight is 342 g/mol. The van der Waals surface area contributed by atoms with Crippen molar-refractivity contribution in [2.45, 2.75) is 51.7 Å². The molecule has 134 valence electrons. The van der Waals surface area contributed by atoms with E-state index in [0.29, 0.717) is 30.4 Å². The Kier molecular flexibility index (Phi) is 4.38. The fourth-order valence-corrected chi connectivity index (χ4v) is 5.11. The van der Waals surface area contributed by atoms with Crippen LogP contribution in [0.25, 0.3) is 0 Å². The van der Waals surface area contributed by atoms with Gasteiger partial charge in [0.25, 0.3) is 0 Å². The summed E-state index contributed by atoms with van der Waals surface area (Å²) < 4.78 is 5.37. The van der Waals surface area contributed by atoms with Gasteiger partial charge in [0, 0.05) is 5.41 Å². The van der Waals surface area contributed by atoms with Crippen LogP contribution in [0.3, 0.4) is 0 Å². The molecular weight excluding hydrogens is 316 g/mol. The second-order valence-corrected chi connectivity index (χ2v) is 7.82. The number of nitriles is 1. The number of aliphatic hydroxyl groups is 1. The van der Waals surface area contributed by atoms with E-state index in [1.54, 1.807) is 19.1 Å². The first kappa shape index (κ1) is 17.9. The van der Waals surface area contributed by atoms with E-state index in [4.69, 9.17) is 10.5 Å². The third kappa shape index (κ3) is 2.47. The third-order valence-corrected chi connectivity index (χ3v) is 6.22. The van der Waals surface area contributed by atoms with Crippen molar-refractivity contribution in [3.8, 4) is 6.07 Å². The molecule has 2 aliphatic rings. The summed E-state index contributed by atoms with van der Waals surface area (Å²) in [4.78, 5) is 13.0. The number of aliphatic hydroxyl groups excluding tert-OH is 1. The number of nitrogens with zero attached hydrogens (tertiary/aromatic N) is 1. The van der Waals surface area contributed by atoms with Crippen molar-refractivity contribution in [1.82, 2.24) is 0 Å². The van der Waals surface area contributed by atoms with Crippen LogP contribution in [0, 0.1) is 28.6 Å². The van der Waals surface area contributed by atoms with Gasteiger partial charge in [-0.2, -0.15) is 5.26 Å². The van der Waals surface area contributed by atoms with Crippen LogP contribution in [0.15, 0.2) is 18.2 Å². The zero-order chi connectivity index (χ0) is 18.4. The highest BCUT2D eigenvalue weighted by atomic mass is 16.5. The topological polar surface area (TPSA) is 96.3 Å². The van der Waals surface area contributed by atoms with Gasteiger partial charge in [0.15, 0.2) is 0 Å². The van der Waals surface area contributed by atoms with E-state index in [9.17, 15) is 15.2 Å². The number of carbonyl (C=O) groups excluding carboxylic acids is 1. The number of benzene rings is 1. The van der Waals surface area contributed by atoms with E-state index in [2.05, 4.69) is 6.07 Å². The lowest BCUT2D eigenvalue weighted by molar-refractivity contribution is -0.160. The molecule has 1 aromatic carbocycles. The van der Waals surface area contributed by atoms with Crippen molar-refractivity contribution < 1.29 is 14.6 Å². The van der Waals surface area contributed by atoms with Crippen LogP contribution in [-0.4, -0.2) is 23.8 Å². The summed E-state index contributed by atoms with van der Waals surface area (Å²) in [6.07, 6.45) is 1.59. The monoisotopic (exact) mass is 342 g/mol. The molecule has 0 heterocycles. The first-order valence-corrected chi connectivity index (χ1v) is 8.96. The molecule has 2 aliphatic carbocycles. The van der Waals surface area contributed by atoms with Crippen LogP contribution in [0.2, 0.25) is 0 Å². The van der Waals surface area contributed by atoms with Gasteiger partial charge in [0.1, 0.15) is 5.54 Å². The van der Waals surface area contributed by atoms with E-state index in [1.165, 1.54) is 0 Å². The Hall–Kier alpha value is -1.90. The Morgan fingerprint density at radius 1 is 1.40 bits per heavy atom. The first-order chi connectivity index (χ1) is 11.8. The van der Waals surface area contributed by atoms with Gasteiger partial charge in [0.05, 0.1) is 24.3 Å². The van der Waals surface area contributed by atoms with Crippen molar-refractivity contribution in [3.63, 3.8) is 0 Å². The zero-order valence-corrected chi connectivity index (χ0v) is 15.1. The van der Waals surface area contributed by atoms with E-state index in [0.717, 1.165) is 5.56 Å². The lowest BCUT2D eigenvalue weighted by Crippen LogP contribution is -2.60. The Morgan fingerprint density at radius 2 is 2.04 bits per heavy atom. The molecule has 0 aliphatic heterocycles. The van der Waals surface area contributed by atoms with Gasteiger partial charge in [-0.05, 0) is 61.3 Å². The van der Waals surface area contributed by atoms with Crippen molar-refractivity contribution in [1.29, 1.82) is 5.26 Å². The molecule has 1 aromatic rings. The number of esters is 1. The molecule has 3 N–H and O–H groups in total. The van der Waals surface area contributed by atoms with Crippen LogP contribution >= 0.6 is 0 Å². The fraction of sp³-hybridized carbons (Fsp3) is 0.600. The van der Waals surface area contributed by atoms with E-state index < -0.39 is 23.0 Å². The van der Waals surface area contributed by atoms with Gasteiger partial charge in [-0.3, -0.25) is 0 Å². The van der Waals surface area contributed by atoms with Gasteiger partial charge < -0.3 is 15.6 Å². The van der Waals surface area contributed by atoms with Gasteiger partial charge in [0.2, 0.25) is 0 Å². The molecule has 0 saturated heterocycles. The number of nitrogens with two attached hydrogens (primary N) is 1. The van der Waals surface area contributed by atoms with Crippen LogP contribution in [0.4, 0.5) is 0 Å². The summed E-state index contributed by atoms with van der Waals surface area (Å²) in [7, 11) is 0. The summed E-state index contributed by atoms with van der Waals surface area (Å²) in [5, 5.41) is 19.7. The molecule has 5 heteroatoms. The molecule has 1 fully saturated rings. The first-order valence-electron chi connectivity index (χ1n) is 8.96. The van der Waals surface area contributed by atoms with Crippen LogP contribution in [0.5, 0.6) is 0 Å². The van der Waals surface area contributed by atoms with Gasteiger partial charge in [-0.15, -0.1) is 0 Å². The summed E-state index contributed by atoms with van der Waals surface area (Å²) in [6, 6.07) is 7.55. The molecule has 1 spiro atoms. The highest BCUT2D eigenvalue weighted by Gasteiger charge is 2.63. The molecule has 3 rings (SSSR count). The van der Waals surface area contributed by atoms with E-state index in [1.807, 2.05) is 19.9 Å². The van der Waals surface area contributed by atoms with Gasteiger partial charge in [-0.25, -0.2) is 4.79 Å². The van der Waals surface area contributed by atoms with Crippen LogP contribution < -0.4 is 5.73 Å². The Balaban J connectivity index is 2.16. The van der Waals surface area contributed by atoms with Crippen molar-refractivity contribution in [2.24, 2.45) is 23.0 Å². The molecular formula is C20H26N2O3. The molecule has 0 bridgehead atoms. The smallest absolute Gasteiger partial charge is 0.331 e. The Labute approximate surface area is 148 Å². The SMILES string of the molecule is CCOC(=O)[C@]1(N)c2cc(C#N)ccc2CC12C[C@@H](C)C(O)[C@@H](C)C2. The van der Waals surface area contributed by atoms with E-state index >= 15 is 0 Å². The second kappa shape index (κ2) is 6.12. The lowest BCUT2D eigenvalue weighted by Gasteiger charge is -2.50. The summed E-state index contributed by atoms with van der Waals surface area (Å²) in [5.41, 5.74) is 7.27. The average Bonchev–Trinajstić information content (AvgIpc) is 2.82. The molecule has 5 nitrogen and oxygen atoms in total. The largest absolute Gasteiger partial charge is 0.464 e. The van der Waals surface area contributed by atoms with Gasteiger partial charge >= 0.3 is 5.97 Å². The Morgan fingerprint density at radius 3 is 2.60 bits per heavy atom. The maximum absolute atomic E-state index is 13.0. The number of hydrogen-bond acceptors (Lipinski definition) is 5. The summed E-state index contributed by atoms with van der Waals surface area (Å²) in [5.74, 6) is -0.337. The lowest BCUT2D eigenvalue weighted by atomic mass is 9.57. The normalized spacial score (nSPS) is 36.7. The molecule has 2 unspecified atom stereocenters. The molecule has 0 aromatic heterocycles. The van der Waals surface area contributed by atoms with Crippen LogP contribution in [0.1, 0.15) is 50.3 Å². The standard InChI is InChI=1S/C20H26N2O3/c1-4-25-18(24)20(22)16-7-14(11-21)5-6-15(16)10-19(20)8-12(2)17(23)13(3)9-19/h5-7,12-13,17,23H,4,8-10,22H2,1-3H3/t12-,13+,17?,19?,20-/m1/s1. The minimum absolute atomic E-state index is 0.0471. The maximum atomic E-state index is 13.0. The van der Waals surface area contributed by atoms with Crippen LogP contribution in [-0.2, 0) is 21.5 Å². The molecule has 0 radical (unpaired) electrons. The number of rotatable bonds is 2. The van der Waals surface area contributed by atoms with Crippen molar-refractivity contribution in [2.75, 3.05) is 6.61 Å². The molecule has 1 saturated carbocycles. The highest BCUT2D eigenvalue weighted by Crippen LogP contribution is 2.59. The highest BCUT2D eigenvalue weighted by molar-refractivity contribution is 5.86. The molecule has 0 amide bonds. The predicted octanol–water partition coefficient (Wildman–Crippen LogP) is 2.24. The van der Waals surface area contributed by atoms with Crippen molar-refractivity contribution in [3.05, 3.63) is 34.9 Å². The zero-order valence-electron chi connectivity index (χ0n) is 15.1. The summed E-state index contributed by atoms with van der Waals surface area (Å²) in [6.45, 7) is 6.05. The Bertz CT molecular complexity index is 727. The fourth-order valence-electron chi connectivity index (χ4n) is 5.11. The molecule has 25 heavy (non-hydrogen) atoms. The quantitative estimate of drug-likeness (QED) is 0.804. The minimum atomic E-state index is -1.28. The van der Waals surface area contributed by atoms with Gasteiger partial charge in [-0.1, -0.05) is 19.9 Å².